The highest BCUT2D eigenvalue weighted by Gasteiger charge is 2.09. The van der Waals surface area contributed by atoms with Crippen LogP contribution in [-0.4, -0.2) is 18.7 Å². The molecule has 0 saturated carbocycles. The average molecular weight is 535 g/mol. The number of nitrogens with one attached hydrogen (secondary N) is 1. The first-order chi connectivity index (χ1) is 14.6. The Hall–Kier alpha value is -2.58. The molecule has 30 heavy (non-hydrogen) atoms. The molecule has 3 aromatic carbocycles. The van der Waals surface area contributed by atoms with Crippen LogP contribution in [0.5, 0.6) is 11.5 Å². The highest BCUT2D eigenvalue weighted by Crippen LogP contribution is 2.29. The first kappa shape index (κ1) is 22.1. The maximum absolute atomic E-state index is 12.2. The summed E-state index contributed by atoms with van der Waals surface area (Å²) in [4.78, 5) is 12.2. The molecule has 3 rings (SSSR count). The number of carbonyl (C=O) groups is 1. The van der Waals surface area contributed by atoms with E-state index < -0.39 is 0 Å². The van der Waals surface area contributed by atoms with Gasteiger partial charge in [0.1, 0.15) is 6.61 Å². The van der Waals surface area contributed by atoms with Crippen LogP contribution in [0.25, 0.3) is 0 Å². The van der Waals surface area contributed by atoms with Crippen molar-refractivity contribution in [2.24, 2.45) is 5.10 Å². The third-order valence-corrected chi connectivity index (χ3v) is 5.27. The molecule has 1 N–H and O–H groups in total. The fourth-order valence-corrected chi connectivity index (χ4v) is 3.36. The van der Waals surface area contributed by atoms with Gasteiger partial charge in [0.15, 0.2) is 11.5 Å². The number of hydrogen-bond donors (Lipinski definition) is 1. The number of carbonyl (C=O) groups excluding carboxylic acids is 1. The zero-order chi connectivity index (χ0) is 21.3. The summed E-state index contributed by atoms with van der Waals surface area (Å²) in [5.74, 6) is 0.982. The molecule has 0 bridgehead atoms. The number of hydrazone groups is 1. The van der Waals surface area contributed by atoms with Gasteiger partial charge in [-0.05, 0) is 83.1 Å². The van der Waals surface area contributed by atoms with Gasteiger partial charge >= 0.3 is 0 Å². The number of hydrogen-bond acceptors (Lipinski definition) is 4. The largest absolute Gasteiger partial charge is 0.490 e. The Bertz CT molecular complexity index is 1040. The van der Waals surface area contributed by atoms with Crippen LogP contribution in [0.2, 0.25) is 5.02 Å². The third-order valence-electron chi connectivity index (χ3n) is 4.07. The second-order valence-electron chi connectivity index (χ2n) is 6.23. The van der Waals surface area contributed by atoms with Gasteiger partial charge in [0.05, 0.1) is 18.4 Å². The first-order valence-electron chi connectivity index (χ1n) is 9.29. The summed E-state index contributed by atoms with van der Waals surface area (Å²) in [5.41, 5.74) is 4.91. The standard InChI is InChI=1S/C23H20ClIN2O3/c1-2-29-22-13-17(14-26-27-23(28)19-5-3-4-6-20(19)25)9-12-21(22)30-15-16-7-10-18(24)11-8-16/h3-14H,2,15H2,1H3,(H,27,28)/b26-14+. The average Bonchev–Trinajstić information content (AvgIpc) is 2.75. The lowest BCUT2D eigenvalue weighted by Gasteiger charge is -2.12. The lowest BCUT2D eigenvalue weighted by atomic mass is 10.2. The van der Waals surface area contributed by atoms with Crippen molar-refractivity contribution in [3.05, 3.63) is 92.0 Å². The van der Waals surface area contributed by atoms with Crippen LogP contribution in [0, 0.1) is 3.57 Å². The maximum Gasteiger partial charge on any atom is 0.272 e. The van der Waals surface area contributed by atoms with Gasteiger partial charge in [-0.2, -0.15) is 5.10 Å². The lowest BCUT2D eigenvalue weighted by molar-refractivity contribution is 0.0954. The van der Waals surface area contributed by atoms with E-state index in [1.807, 2.05) is 67.6 Å². The zero-order valence-corrected chi connectivity index (χ0v) is 19.2. The van der Waals surface area contributed by atoms with E-state index in [4.69, 9.17) is 21.1 Å². The molecule has 5 nitrogen and oxygen atoms in total. The lowest BCUT2D eigenvalue weighted by Crippen LogP contribution is -2.18. The molecule has 0 aliphatic rings. The Balaban J connectivity index is 1.66. The molecule has 0 heterocycles. The first-order valence-corrected chi connectivity index (χ1v) is 10.7. The summed E-state index contributed by atoms with van der Waals surface area (Å²) < 4.78 is 12.5. The van der Waals surface area contributed by atoms with Gasteiger partial charge in [-0.3, -0.25) is 4.79 Å². The number of nitrogens with zero attached hydrogens (tertiary/aromatic N) is 1. The Kier molecular flexibility index (Phi) is 8.10. The molecular weight excluding hydrogens is 515 g/mol. The van der Waals surface area contributed by atoms with Crippen LogP contribution >= 0.6 is 34.2 Å². The van der Waals surface area contributed by atoms with Gasteiger partial charge in [0.25, 0.3) is 5.91 Å². The third kappa shape index (κ3) is 6.21. The molecule has 0 atom stereocenters. The molecule has 154 valence electrons. The normalized spacial score (nSPS) is 10.8. The van der Waals surface area contributed by atoms with Gasteiger partial charge < -0.3 is 9.47 Å². The van der Waals surface area contributed by atoms with E-state index in [1.54, 1.807) is 12.3 Å². The smallest absolute Gasteiger partial charge is 0.272 e. The van der Waals surface area contributed by atoms with Gasteiger partial charge in [-0.25, -0.2) is 5.43 Å². The molecule has 0 aromatic heterocycles. The van der Waals surface area contributed by atoms with Gasteiger partial charge in [-0.1, -0.05) is 35.9 Å². The van der Waals surface area contributed by atoms with Crippen molar-refractivity contribution in [1.82, 2.24) is 5.43 Å². The summed E-state index contributed by atoms with van der Waals surface area (Å²) in [7, 11) is 0. The van der Waals surface area contributed by atoms with Crippen molar-refractivity contribution in [1.29, 1.82) is 0 Å². The van der Waals surface area contributed by atoms with Gasteiger partial charge in [0, 0.05) is 8.59 Å². The minimum absolute atomic E-state index is 0.260. The fourth-order valence-electron chi connectivity index (χ4n) is 2.61. The van der Waals surface area contributed by atoms with Crippen LogP contribution in [0.1, 0.15) is 28.4 Å². The quantitative estimate of drug-likeness (QED) is 0.230. The van der Waals surface area contributed by atoms with E-state index in [1.165, 1.54) is 0 Å². The van der Waals surface area contributed by atoms with Crippen molar-refractivity contribution in [2.75, 3.05) is 6.61 Å². The second-order valence-corrected chi connectivity index (χ2v) is 7.83. The minimum Gasteiger partial charge on any atom is -0.490 e. The van der Waals surface area contributed by atoms with E-state index in [-0.39, 0.29) is 5.91 Å². The van der Waals surface area contributed by atoms with Crippen molar-refractivity contribution < 1.29 is 14.3 Å². The van der Waals surface area contributed by atoms with Crippen LogP contribution < -0.4 is 14.9 Å². The van der Waals surface area contributed by atoms with Crippen LogP contribution in [0.3, 0.4) is 0 Å². The van der Waals surface area contributed by atoms with Crippen molar-refractivity contribution >= 4 is 46.3 Å². The number of rotatable bonds is 8. The SMILES string of the molecule is CCOc1cc(/C=N/NC(=O)c2ccccc2I)ccc1OCc1ccc(Cl)cc1. The van der Waals surface area contributed by atoms with Gasteiger partial charge in [-0.15, -0.1) is 0 Å². The van der Waals surface area contributed by atoms with E-state index >= 15 is 0 Å². The van der Waals surface area contributed by atoms with E-state index in [9.17, 15) is 4.79 Å². The molecule has 0 saturated heterocycles. The molecule has 0 unspecified atom stereocenters. The van der Waals surface area contributed by atoms with Gasteiger partial charge in [0.2, 0.25) is 0 Å². The number of benzene rings is 3. The Morgan fingerprint density at radius 3 is 2.57 bits per heavy atom. The molecule has 0 spiro atoms. The van der Waals surface area contributed by atoms with Crippen LogP contribution in [-0.2, 0) is 6.61 Å². The molecule has 0 fully saturated rings. The minimum atomic E-state index is -0.260. The summed E-state index contributed by atoms with van der Waals surface area (Å²) in [6, 6.07) is 20.3. The highest BCUT2D eigenvalue weighted by atomic mass is 127. The van der Waals surface area contributed by atoms with Crippen molar-refractivity contribution in [3.63, 3.8) is 0 Å². The van der Waals surface area contributed by atoms with Crippen molar-refractivity contribution in [3.8, 4) is 11.5 Å². The predicted molar refractivity (Wildman–Crippen MR) is 128 cm³/mol. The fraction of sp³-hybridized carbons (Fsp3) is 0.130. The Morgan fingerprint density at radius 1 is 1.07 bits per heavy atom. The maximum atomic E-state index is 12.2. The number of ether oxygens (including phenoxy) is 2. The number of amides is 1. The van der Waals surface area contributed by atoms with Crippen LogP contribution in [0.4, 0.5) is 0 Å². The molecule has 7 heteroatoms. The highest BCUT2D eigenvalue weighted by molar-refractivity contribution is 14.1. The second kappa shape index (κ2) is 11.0. The monoisotopic (exact) mass is 534 g/mol. The Morgan fingerprint density at radius 2 is 1.83 bits per heavy atom. The summed E-state index contributed by atoms with van der Waals surface area (Å²) in [6.07, 6.45) is 1.57. The molecule has 3 aromatic rings. The van der Waals surface area contributed by atoms with Crippen molar-refractivity contribution in [2.45, 2.75) is 13.5 Å². The molecular formula is C23H20ClIN2O3. The summed E-state index contributed by atoms with van der Waals surface area (Å²) in [5, 5.41) is 4.74. The molecule has 0 aliphatic heterocycles. The molecule has 1 amide bonds. The Labute approximate surface area is 194 Å². The number of halogens is 2. The predicted octanol–water partition coefficient (Wildman–Crippen LogP) is 5.69. The molecule has 0 radical (unpaired) electrons. The van der Waals surface area contributed by atoms with E-state index in [0.717, 1.165) is 14.7 Å². The summed E-state index contributed by atoms with van der Waals surface area (Å²) in [6.45, 7) is 2.81. The van der Waals surface area contributed by atoms with E-state index in [2.05, 4.69) is 33.1 Å². The zero-order valence-electron chi connectivity index (χ0n) is 16.3. The summed E-state index contributed by atoms with van der Waals surface area (Å²) >= 11 is 8.04. The molecule has 0 aliphatic carbocycles. The topological polar surface area (TPSA) is 59.9 Å². The van der Waals surface area contributed by atoms with Crippen LogP contribution in [0.15, 0.2) is 71.8 Å². The van der Waals surface area contributed by atoms with E-state index in [0.29, 0.717) is 35.3 Å².